The van der Waals surface area contributed by atoms with Gasteiger partial charge in [0.25, 0.3) is 11.8 Å². The second-order valence-electron chi connectivity index (χ2n) is 6.94. The van der Waals surface area contributed by atoms with Crippen LogP contribution in [0.3, 0.4) is 0 Å². The van der Waals surface area contributed by atoms with Crippen LogP contribution in [0.4, 0.5) is 0 Å². The number of nitrogens with zero attached hydrogens (tertiary/aromatic N) is 1. The predicted octanol–water partition coefficient (Wildman–Crippen LogP) is 2.48. The predicted molar refractivity (Wildman–Crippen MR) is 82.9 cm³/mol. The van der Waals surface area contributed by atoms with Crippen LogP contribution in [-0.2, 0) is 14.4 Å². The van der Waals surface area contributed by atoms with Crippen molar-refractivity contribution in [3.63, 3.8) is 0 Å². The van der Waals surface area contributed by atoms with Gasteiger partial charge in [0.1, 0.15) is 0 Å². The number of carbonyl (C=O) groups is 3. The van der Waals surface area contributed by atoms with E-state index >= 15 is 0 Å². The molecular weight excluding hydrogens is 310 g/mol. The van der Waals surface area contributed by atoms with Crippen molar-refractivity contribution in [3.05, 3.63) is 35.4 Å². The van der Waals surface area contributed by atoms with Crippen LogP contribution >= 0.6 is 0 Å². The van der Waals surface area contributed by atoms with Gasteiger partial charge in [-0.25, -0.2) is 4.79 Å². The van der Waals surface area contributed by atoms with Crippen LogP contribution in [-0.4, -0.2) is 35.6 Å². The van der Waals surface area contributed by atoms with Crippen molar-refractivity contribution in [1.82, 2.24) is 5.06 Å². The smallest absolute Gasteiger partial charge is 0.335 e. The summed E-state index contributed by atoms with van der Waals surface area (Å²) in [7, 11) is 0. The molecule has 24 heavy (non-hydrogen) atoms. The summed E-state index contributed by atoms with van der Waals surface area (Å²) >= 11 is 0. The number of imide groups is 1. The van der Waals surface area contributed by atoms with E-state index in [9.17, 15) is 14.4 Å². The van der Waals surface area contributed by atoms with Gasteiger partial charge in [-0.2, -0.15) is 0 Å². The van der Waals surface area contributed by atoms with Gasteiger partial charge in [0.2, 0.25) is 0 Å². The average Bonchev–Trinajstić information content (AvgIpc) is 2.80. The lowest BCUT2D eigenvalue weighted by molar-refractivity contribution is -0.175. The summed E-state index contributed by atoms with van der Waals surface area (Å²) in [6.45, 7) is 0.692. The van der Waals surface area contributed by atoms with Gasteiger partial charge >= 0.3 is 5.97 Å². The van der Waals surface area contributed by atoms with Crippen molar-refractivity contribution in [2.45, 2.75) is 44.6 Å². The van der Waals surface area contributed by atoms with Gasteiger partial charge in [0.15, 0.2) is 0 Å². The van der Waals surface area contributed by atoms with Crippen LogP contribution in [0.5, 0.6) is 0 Å². The molecule has 0 radical (unpaired) electrons. The number of fused-ring (bicyclic) bond motifs is 1. The summed E-state index contributed by atoms with van der Waals surface area (Å²) in [6, 6.07) is 6.43. The normalized spacial score (nSPS) is 24.7. The number of hydrogen-bond acceptors (Lipinski definition) is 5. The second-order valence-corrected chi connectivity index (χ2v) is 6.94. The lowest BCUT2D eigenvalue weighted by atomic mass is 9.65. The molecule has 6 heteroatoms. The van der Waals surface area contributed by atoms with E-state index in [1.807, 2.05) is 0 Å². The van der Waals surface area contributed by atoms with Gasteiger partial charge in [0.05, 0.1) is 30.3 Å². The highest BCUT2D eigenvalue weighted by Gasteiger charge is 2.42. The first-order valence-electron chi connectivity index (χ1n) is 8.38. The molecule has 1 unspecified atom stereocenters. The zero-order valence-corrected chi connectivity index (χ0v) is 13.3. The van der Waals surface area contributed by atoms with Crippen LogP contribution < -0.4 is 0 Å². The van der Waals surface area contributed by atoms with Gasteiger partial charge < -0.3 is 9.57 Å². The third-order valence-corrected chi connectivity index (χ3v) is 5.38. The fourth-order valence-corrected chi connectivity index (χ4v) is 3.72. The first-order valence-corrected chi connectivity index (χ1v) is 8.38. The maximum Gasteiger partial charge on any atom is 0.335 e. The maximum atomic E-state index is 12.2. The lowest BCUT2D eigenvalue weighted by Gasteiger charge is -2.46. The molecule has 1 spiro atoms. The number of carbonyl (C=O) groups excluding carboxylic acids is 3. The standard InChI is InChI=1S/C18H19NO5/c20-15(10-12-6-9-18(11-23-12)7-3-8-18)24-19-16(21)13-4-1-2-5-14(13)17(19)22/h1-2,4-5,12H,3,6-11H2. The zero-order valence-electron chi connectivity index (χ0n) is 13.3. The highest BCUT2D eigenvalue weighted by molar-refractivity contribution is 6.20. The molecule has 3 aliphatic rings. The molecule has 2 amide bonds. The monoisotopic (exact) mass is 329 g/mol. The van der Waals surface area contributed by atoms with Crippen LogP contribution in [0, 0.1) is 5.41 Å². The van der Waals surface area contributed by atoms with E-state index in [-0.39, 0.29) is 23.7 Å². The lowest BCUT2D eigenvalue weighted by Crippen LogP contribution is -2.42. The van der Waals surface area contributed by atoms with E-state index in [1.54, 1.807) is 24.3 Å². The topological polar surface area (TPSA) is 72.9 Å². The number of rotatable bonds is 3. The molecule has 1 aromatic carbocycles. The van der Waals surface area contributed by atoms with Crippen LogP contribution in [0.1, 0.15) is 59.2 Å². The first-order chi connectivity index (χ1) is 11.6. The minimum atomic E-state index is -0.612. The number of benzene rings is 1. The van der Waals surface area contributed by atoms with Gasteiger partial charge in [0, 0.05) is 0 Å². The Morgan fingerprint density at radius 2 is 1.83 bits per heavy atom. The van der Waals surface area contributed by atoms with Gasteiger partial charge in [-0.15, -0.1) is 0 Å². The highest BCUT2D eigenvalue weighted by atomic mass is 16.7. The molecule has 1 saturated heterocycles. The minimum absolute atomic E-state index is 0.0590. The van der Waals surface area contributed by atoms with E-state index in [0.717, 1.165) is 12.8 Å². The minimum Gasteiger partial charge on any atom is -0.377 e. The fraction of sp³-hybridized carbons (Fsp3) is 0.500. The van der Waals surface area contributed by atoms with Gasteiger partial charge in [-0.05, 0) is 43.2 Å². The molecule has 4 rings (SSSR count). The number of ether oxygens (including phenoxy) is 1. The van der Waals surface area contributed by atoms with Crippen LogP contribution in [0.25, 0.3) is 0 Å². The van der Waals surface area contributed by atoms with Crippen molar-refractivity contribution in [1.29, 1.82) is 0 Å². The third-order valence-electron chi connectivity index (χ3n) is 5.38. The van der Waals surface area contributed by atoms with Crippen molar-refractivity contribution in [2.24, 2.45) is 5.41 Å². The molecule has 2 aliphatic heterocycles. The molecule has 1 saturated carbocycles. The Morgan fingerprint density at radius 3 is 2.33 bits per heavy atom. The fourth-order valence-electron chi connectivity index (χ4n) is 3.72. The Kier molecular flexibility index (Phi) is 3.64. The number of hydroxylamine groups is 2. The van der Waals surface area contributed by atoms with Gasteiger partial charge in [-0.1, -0.05) is 23.6 Å². The first kappa shape index (κ1) is 15.3. The average molecular weight is 329 g/mol. The van der Waals surface area contributed by atoms with Crippen molar-refractivity contribution in [2.75, 3.05) is 6.61 Å². The summed E-state index contributed by atoms with van der Waals surface area (Å²) in [5.41, 5.74) is 0.857. The molecule has 1 aliphatic carbocycles. The number of amides is 2. The Hall–Kier alpha value is -2.21. The van der Waals surface area contributed by atoms with Crippen molar-refractivity contribution >= 4 is 17.8 Å². The summed E-state index contributed by atoms with van der Waals surface area (Å²) in [5, 5.41) is 0.559. The third kappa shape index (κ3) is 2.51. The molecule has 126 valence electrons. The molecule has 2 heterocycles. The zero-order chi connectivity index (χ0) is 16.7. The van der Waals surface area contributed by atoms with E-state index in [2.05, 4.69) is 0 Å². The molecule has 1 aromatic rings. The van der Waals surface area contributed by atoms with Gasteiger partial charge in [-0.3, -0.25) is 9.59 Å². The SMILES string of the molecule is O=C(CC1CCC2(CCC2)CO1)ON1C(=O)c2ccccc2C1=O. The van der Waals surface area contributed by atoms with Crippen LogP contribution in [0.2, 0.25) is 0 Å². The van der Waals surface area contributed by atoms with E-state index in [0.29, 0.717) is 17.1 Å². The number of hydrogen-bond donors (Lipinski definition) is 0. The Balaban J connectivity index is 1.34. The Labute approximate surface area is 139 Å². The summed E-state index contributed by atoms with van der Waals surface area (Å²) < 4.78 is 5.80. The highest BCUT2D eigenvalue weighted by Crippen LogP contribution is 2.48. The molecule has 2 fully saturated rings. The Morgan fingerprint density at radius 1 is 1.17 bits per heavy atom. The summed E-state index contributed by atoms with van der Waals surface area (Å²) in [5.74, 6) is -1.80. The van der Waals surface area contributed by atoms with Crippen molar-refractivity contribution < 1.29 is 24.0 Å². The maximum absolute atomic E-state index is 12.2. The molecule has 0 bridgehead atoms. The molecular formula is C18H19NO5. The molecule has 0 N–H and O–H groups in total. The molecule has 0 aromatic heterocycles. The quantitative estimate of drug-likeness (QED) is 0.797. The van der Waals surface area contributed by atoms with E-state index in [4.69, 9.17) is 9.57 Å². The van der Waals surface area contributed by atoms with E-state index in [1.165, 1.54) is 19.3 Å². The molecule has 6 nitrogen and oxygen atoms in total. The van der Waals surface area contributed by atoms with Crippen molar-refractivity contribution in [3.8, 4) is 0 Å². The summed E-state index contributed by atoms with van der Waals surface area (Å²) in [4.78, 5) is 41.5. The largest absolute Gasteiger partial charge is 0.377 e. The molecule has 1 atom stereocenters. The second kappa shape index (κ2) is 5.70. The Bertz CT molecular complexity index is 664. The van der Waals surface area contributed by atoms with Crippen LogP contribution in [0.15, 0.2) is 24.3 Å². The van der Waals surface area contributed by atoms with E-state index < -0.39 is 17.8 Å². The summed E-state index contributed by atoms with van der Waals surface area (Å²) in [6.07, 6.45) is 5.42.